The molecule has 0 spiro atoms. The number of aliphatic hydroxyl groups is 1. The lowest BCUT2D eigenvalue weighted by molar-refractivity contribution is 0.0912. The van der Waals surface area contributed by atoms with E-state index >= 15 is 0 Å². The van der Waals surface area contributed by atoms with Gasteiger partial charge in [0.1, 0.15) is 0 Å². The van der Waals surface area contributed by atoms with Gasteiger partial charge >= 0.3 is 0 Å². The molecule has 2 rings (SSSR count). The molecule has 2 aromatic carbocycles. The largest absolute Gasteiger partial charge is 0.394 e. The van der Waals surface area contributed by atoms with Gasteiger partial charge in [-0.05, 0) is 17.7 Å². The summed E-state index contributed by atoms with van der Waals surface area (Å²) in [6.07, 6.45) is 0. The summed E-state index contributed by atoms with van der Waals surface area (Å²) < 4.78 is 13.8. The number of rotatable bonds is 4. The van der Waals surface area contributed by atoms with Crippen molar-refractivity contribution in [1.29, 1.82) is 0 Å². The third-order valence-electron chi connectivity index (χ3n) is 2.89. The number of benzene rings is 2. The number of nitrogens with one attached hydrogen (secondary N) is 1. The first-order chi connectivity index (χ1) is 9.63. The molecule has 0 unspecified atom stereocenters. The number of halogens is 2. The quantitative estimate of drug-likeness (QED) is 0.910. The SMILES string of the molecule is O=C(N[C@H](CO)c1ccccc1)c1cccc(Cl)c1F. The highest BCUT2D eigenvalue weighted by atomic mass is 35.5. The van der Waals surface area contributed by atoms with Gasteiger partial charge in [0.2, 0.25) is 0 Å². The fourth-order valence-electron chi connectivity index (χ4n) is 1.83. The van der Waals surface area contributed by atoms with Gasteiger partial charge in [0.15, 0.2) is 5.82 Å². The summed E-state index contributed by atoms with van der Waals surface area (Å²) in [6.45, 7) is -0.280. The molecule has 5 heteroatoms. The highest BCUT2D eigenvalue weighted by Gasteiger charge is 2.18. The highest BCUT2D eigenvalue weighted by Crippen LogP contribution is 2.19. The molecule has 3 nitrogen and oxygen atoms in total. The average molecular weight is 294 g/mol. The first kappa shape index (κ1) is 14.5. The molecule has 1 amide bonds. The smallest absolute Gasteiger partial charge is 0.254 e. The maximum absolute atomic E-state index is 13.8. The van der Waals surface area contributed by atoms with E-state index in [2.05, 4.69) is 5.32 Å². The van der Waals surface area contributed by atoms with E-state index < -0.39 is 17.8 Å². The van der Waals surface area contributed by atoms with Gasteiger partial charge < -0.3 is 10.4 Å². The van der Waals surface area contributed by atoms with Gasteiger partial charge in [-0.15, -0.1) is 0 Å². The van der Waals surface area contributed by atoms with Crippen molar-refractivity contribution < 1.29 is 14.3 Å². The Labute approximate surface area is 121 Å². The van der Waals surface area contributed by atoms with Crippen LogP contribution in [-0.2, 0) is 0 Å². The Morgan fingerprint density at radius 1 is 1.20 bits per heavy atom. The van der Waals surface area contributed by atoms with Crippen LogP contribution in [0.2, 0.25) is 5.02 Å². The van der Waals surface area contributed by atoms with Crippen molar-refractivity contribution in [3.05, 3.63) is 70.5 Å². The fourth-order valence-corrected chi connectivity index (χ4v) is 2.01. The lowest BCUT2D eigenvalue weighted by Crippen LogP contribution is -2.31. The Hall–Kier alpha value is -1.91. The van der Waals surface area contributed by atoms with Crippen molar-refractivity contribution in [2.45, 2.75) is 6.04 Å². The Kier molecular flexibility index (Phi) is 4.71. The average Bonchev–Trinajstić information content (AvgIpc) is 2.48. The van der Waals surface area contributed by atoms with Crippen LogP contribution in [0.5, 0.6) is 0 Å². The molecule has 0 saturated heterocycles. The molecule has 0 saturated carbocycles. The second-order valence-corrected chi connectivity index (χ2v) is 4.63. The molecule has 104 valence electrons. The molecule has 0 aliphatic heterocycles. The number of hydrogen-bond acceptors (Lipinski definition) is 2. The molecule has 2 N–H and O–H groups in total. The van der Waals surface area contributed by atoms with Crippen LogP contribution in [0.4, 0.5) is 4.39 Å². The summed E-state index contributed by atoms with van der Waals surface area (Å²) in [7, 11) is 0. The molecule has 2 aromatic rings. The van der Waals surface area contributed by atoms with Crippen molar-refractivity contribution in [3.8, 4) is 0 Å². The van der Waals surface area contributed by atoms with Gasteiger partial charge in [0.25, 0.3) is 5.91 Å². The predicted octanol–water partition coefficient (Wildman–Crippen LogP) is 2.94. The third-order valence-corrected chi connectivity index (χ3v) is 3.18. The maximum atomic E-state index is 13.8. The van der Waals surface area contributed by atoms with Crippen LogP contribution in [0.1, 0.15) is 22.0 Å². The number of carbonyl (C=O) groups excluding carboxylic acids is 1. The van der Waals surface area contributed by atoms with E-state index in [1.165, 1.54) is 18.2 Å². The molecule has 0 bridgehead atoms. The Morgan fingerprint density at radius 2 is 1.90 bits per heavy atom. The zero-order valence-electron chi connectivity index (χ0n) is 10.5. The van der Waals surface area contributed by atoms with E-state index in [4.69, 9.17) is 11.6 Å². The molecule has 0 fully saturated rings. The monoisotopic (exact) mass is 293 g/mol. The summed E-state index contributed by atoms with van der Waals surface area (Å²) in [5.74, 6) is -1.38. The fraction of sp³-hybridized carbons (Fsp3) is 0.133. The van der Waals surface area contributed by atoms with Gasteiger partial charge in [-0.25, -0.2) is 4.39 Å². The summed E-state index contributed by atoms with van der Waals surface area (Å²) in [5, 5.41) is 11.8. The second kappa shape index (κ2) is 6.50. The van der Waals surface area contributed by atoms with Gasteiger partial charge in [-0.1, -0.05) is 48.0 Å². The minimum atomic E-state index is -0.767. The molecule has 0 heterocycles. The third kappa shape index (κ3) is 3.15. The summed E-state index contributed by atoms with van der Waals surface area (Å²) in [4.78, 5) is 12.0. The number of aliphatic hydroxyl groups excluding tert-OH is 1. The van der Waals surface area contributed by atoms with Crippen molar-refractivity contribution in [2.75, 3.05) is 6.61 Å². The van der Waals surface area contributed by atoms with Crippen LogP contribution < -0.4 is 5.32 Å². The zero-order chi connectivity index (χ0) is 14.5. The number of amides is 1. The zero-order valence-corrected chi connectivity index (χ0v) is 11.3. The first-order valence-electron chi connectivity index (χ1n) is 6.04. The Balaban J connectivity index is 2.20. The molecule has 0 radical (unpaired) electrons. The molecule has 0 aliphatic rings. The maximum Gasteiger partial charge on any atom is 0.254 e. The topological polar surface area (TPSA) is 49.3 Å². The Morgan fingerprint density at radius 3 is 2.55 bits per heavy atom. The second-order valence-electron chi connectivity index (χ2n) is 4.22. The summed E-state index contributed by atoms with van der Waals surface area (Å²) in [6, 6.07) is 12.6. The standard InChI is InChI=1S/C15H13ClFNO2/c16-12-8-4-7-11(14(12)17)15(20)18-13(9-19)10-5-2-1-3-6-10/h1-8,13,19H,9H2,(H,18,20)/t13-/m1/s1. The van der Waals surface area contributed by atoms with Crippen LogP contribution in [0.25, 0.3) is 0 Å². The van der Waals surface area contributed by atoms with E-state index in [0.717, 1.165) is 5.56 Å². The van der Waals surface area contributed by atoms with Crippen molar-refractivity contribution >= 4 is 17.5 Å². The molecular formula is C15H13ClFNO2. The van der Waals surface area contributed by atoms with E-state index in [-0.39, 0.29) is 17.2 Å². The van der Waals surface area contributed by atoms with E-state index in [0.29, 0.717) is 0 Å². The van der Waals surface area contributed by atoms with Crippen LogP contribution in [0.15, 0.2) is 48.5 Å². The van der Waals surface area contributed by atoms with Crippen molar-refractivity contribution in [1.82, 2.24) is 5.32 Å². The lowest BCUT2D eigenvalue weighted by atomic mass is 10.1. The molecule has 0 aromatic heterocycles. The summed E-state index contributed by atoms with van der Waals surface area (Å²) in [5.41, 5.74) is 0.595. The molecule has 20 heavy (non-hydrogen) atoms. The van der Waals surface area contributed by atoms with Crippen molar-refractivity contribution in [3.63, 3.8) is 0 Å². The lowest BCUT2D eigenvalue weighted by Gasteiger charge is -2.17. The number of hydrogen-bond donors (Lipinski definition) is 2. The molecule has 0 aliphatic carbocycles. The van der Waals surface area contributed by atoms with E-state index in [1.807, 2.05) is 6.07 Å². The highest BCUT2D eigenvalue weighted by molar-refractivity contribution is 6.31. The van der Waals surface area contributed by atoms with Gasteiger partial charge in [0.05, 0.1) is 23.2 Å². The minimum Gasteiger partial charge on any atom is -0.394 e. The van der Waals surface area contributed by atoms with Crippen LogP contribution in [0, 0.1) is 5.82 Å². The van der Waals surface area contributed by atoms with Gasteiger partial charge in [-0.2, -0.15) is 0 Å². The number of carbonyl (C=O) groups is 1. The minimum absolute atomic E-state index is 0.113. The van der Waals surface area contributed by atoms with Crippen LogP contribution in [0.3, 0.4) is 0 Å². The van der Waals surface area contributed by atoms with Crippen molar-refractivity contribution in [2.24, 2.45) is 0 Å². The Bertz CT molecular complexity index is 604. The van der Waals surface area contributed by atoms with Gasteiger partial charge in [0, 0.05) is 0 Å². The summed E-state index contributed by atoms with van der Waals surface area (Å²) >= 11 is 5.64. The van der Waals surface area contributed by atoms with E-state index in [9.17, 15) is 14.3 Å². The van der Waals surface area contributed by atoms with Crippen LogP contribution in [-0.4, -0.2) is 17.6 Å². The van der Waals surface area contributed by atoms with Crippen LogP contribution >= 0.6 is 11.6 Å². The first-order valence-corrected chi connectivity index (χ1v) is 6.42. The normalized spacial score (nSPS) is 11.9. The van der Waals surface area contributed by atoms with E-state index in [1.54, 1.807) is 24.3 Å². The predicted molar refractivity (Wildman–Crippen MR) is 75.1 cm³/mol. The molecular weight excluding hydrogens is 281 g/mol. The molecule has 1 atom stereocenters. The van der Waals surface area contributed by atoms with Gasteiger partial charge in [-0.3, -0.25) is 4.79 Å².